The number of nitro benzene ring substituents is 1. The molecular weight excluding hydrogens is 382 g/mol. The molecule has 154 valence electrons. The molecule has 2 aromatic rings. The second-order valence-electron chi connectivity index (χ2n) is 6.27. The number of nitrogens with one attached hydrogen (secondary N) is 2. The Morgan fingerprint density at radius 2 is 1.86 bits per heavy atom. The number of benzene rings is 1. The van der Waals surface area contributed by atoms with E-state index in [1.54, 1.807) is 13.8 Å². The summed E-state index contributed by atoms with van der Waals surface area (Å²) in [7, 11) is 2.75. The Bertz CT molecular complexity index is 994. The van der Waals surface area contributed by atoms with Crippen molar-refractivity contribution >= 4 is 29.1 Å². The van der Waals surface area contributed by atoms with Gasteiger partial charge in [-0.05, 0) is 38.5 Å². The van der Waals surface area contributed by atoms with Gasteiger partial charge in [-0.1, -0.05) is 0 Å². The van der Waals surface area contributed by atoms with Gasteiger partial charge in [0.25, 0.3) is 5.69 Å². The van der Waals surface area contributed by atoms with Crippen LogP contribution in [0.5, 0.6) is 0 Å². The highest BCUT2D eigenvalue weighted by atomic mass is 16.6. The maximum atomic E-state index is 12.7. The van der Waals surface area contributed by atoms with Crippen LogP contribution in [0.2, 0.25) is 0 Å². The van der Waals surface area contributed by atoms with Crippen molar-refractivity contribution in [2.24, 2.45) is 0 Å². The summed E-state index contributed by atoms with van der Waals surface area (Å²) in [5, 5.41) is 13.8. The standard InChI is InChI=1S/C19H21N3O7/c1-9-15(19(25)28-5)10(2)21-16(9)17(23)11(3)29-18(24)12-6-7-13(20-4)14(8-12)22(26)27/h6-8,11,20-21H,1-5H3/t11-/m1/s1. The zero-order chi connectivity index (χ0) is 21.9. The molecule has 0 bridgehead atoms. The van der Waals surface area contributed by atoms with Gasteiger partial charge in [-0.15, -0.1) is 0 Å². The number of methoxy groups -OCH3 is 1. The van der Waals surface area contributed by atoms with Crippen molar-refractivity contribution in [1.29, 1.82) is 0 Å². The first-order chi connectivity index (χ1) is 13.6. The molecule has 1 aromatic carbocycles. The molecule has 1 atom stereocenters. The molecule has 2 rings (SSSR count). The monoisotopic (exact) mass is 403 g/mol. The van der Waals surface area contributed by atoms with Gasteiger partial charge in [0.2, 0.25) is 5.78 Å². The molecular formula is C19H21N3O7. The molecule has 0 saturated heterocycles. The smallest absolute Gasteiger partial charge is 0.339 e. The van der Waals surface area contributed by atoms with Crippen LogP contribution < -0.4 is 5.32 Å². The van der Waals surface area contributed by atoms with Gasteiger partial charge in [-0.2, -0.15) is 0 Å². The second-order valence-corrected chi connectivity index (χ2v) is 6.27. The number of ketones is 1. The van der Waals surface area contributed by atoms with E-state index < -0.39 is 28.7 Å². The number of rotatable bonds is 7. The predicted molar refractivity (Wildman–Crippen MR) is 103 cm³/mol. The van der Waals surface area contributed by atoms with E-state index in [9.17, 15) is 24.5 Å². The van der Waals surface area contributed by atoms with Gasteiger partial charge in [0.1, 0.15) is 5.69 Å². The van der Waals surface area contributed by atoms with Crippen molar-refractivity contribution in [3.8, 4) is 0 Å². The average molecular weight is 403 g/mol. The third kappa shape index (κ3) is 4.26. The number of esters is 2. The van der Waals surface area contributed by atoms with Crippen molar-refractivity contribution in [2.75, 3.05) is 19.5 Å². The van der Waals surface area contributed by atoms with Gasteiger partial charge in [0.05, 0.1) is 28.9 Å². The van der Waals surface area contributed by atoms with E-state index in [2.05, 4.69) is 10.3 Å². The second kappa shape index (κ2) is 8.55. The van der Waals surface area contributed by atoms with Gasteiger partial charge in [0.15, 0.2) is 6.10 Å². The number of hydrogen-bond donors (Lipinski definition) is 2. The lowest BCUT2D eigenvalue weighted by Gasteiger charge is -2.12. The minimum Gasteiger partial charge on any atom is -0.465 e. The molecule has 0 amide bonds. The highest BCUT2D eigenvalue weighted by molar-refractivity contribution is 6.04. The first kappa shape index (κ1) is 21.6. The van der Waals surface area contributed by atoms with Crippen molar-refractivity contribution in [1.82, 2.24) is 4.98 Å². The Hall–Kier alpha value is -3.69. The van der Waals surface area contributed by atoms with E-state index in [-0.39, 0.29) is 28.2 Å². The van der Waals surface area contributed by atoms with Crippen LogP contribution >= 0.6 is 0 Å². The highest BCUT2D eigenvalue weighted by Crippen LogP contribution is 2.26. The van der Waals surface area contributed by atoms with E-state index in [0.29, 0.717) is 11.3 Å². The zero-order valence-corrected chi connectivity index (χ0v) is 16.6. The Morgan fingerprint density at radius 1 is 1.21 bits per heavy atom. The fraction of sp³-hybridized carbons (Fsp3) is 0.316. The lowest BCUT2D eigenvalue weighted by atomic mass is 10.1. The number of hydrogen-bond acceptors (Lipinski definition) is 8. The summed E-state index contributed by atoms with van der Waals surface area (Å²) in [5.74, 6) is -2.02. The lowest BCUT2D eigenvalue weighted by molar-refractivity contribution is -0.384. The number of nitro groups is 1. The summed E-state index contributed by atoms with van der Waals surface area (Å²) in [4.78, 5) is 50.3. The fourth-order valence-electron chi connectivity index (χ4n) is 2.91. The largest absolute Gasteiger partial charge is 0.465 e. The third-order valence-electron chi connectivity index (χ3n) is 4.43. The topological polar surface area (TPSA) is 141 Å². The van der Waals surface area contributed by atoms with Crippen LogP contribution in [0.25, 0.3) is 0 Å². The fourth-order valence-corrected chi connectivity index (χ4v) is 2.91. The molecule has 0 saturated carbocycles. The number of carbonyl (C=O) groups is 3. The van der Waals surface area contributed by atoms with Gasteiger partial charge < -0.3 is 19.8 Å². The number of nitrogens with zero attached hydrogens (tertiary/aromatic N) is 1. The van der Waals surface area contributed by atoms with E-state index in [1.807, 2.05) is 0 Å². The average Bonchev–Trinajstić information content (AvgIpc) is 2.99. The van der Waals surface area contributed by atoms with Crippen LogP contribution in [0, 0.1) is 24.0 Å². The van der Waals surface area contributed by atoms with Gasteiger partial charge in [-0.25, -0.2) is 9.59 Å². The number of aryl methyl sites for hydroxylation is 1. The maximum Gasteiger partial charge on any atom is 0.339 e. The SMILES string of the molecule is CNc1ccc(C(=O)O[C@H](C)C(=O)c2[nH]c(C)c(C(=O)OC)c2C)cc1[N+](=O)[O-]. The van der Waals surface area contributed by atoms with Crippen LogP contribution in [0.4, 0.5) is 11.4 Å². The van der Waals surface area contributed by atoms with Gasteiger partial charge >= 0.3 is 11.9 Å². The molecule has 10 nitrogen and oxygen atoms in total. The maximum absolute atomic E-state index is 12.7. The predicted octanol–water partition coefficient (Wildman–Crippen LogP) is 2.80. The van der Waals surface area contributed by atoms with Crippen LogP contribution in [0.15, 0.2) is 18.2 Å². The summed E-state index contributed by atoms with van der Waals surface area (Å²) in [6.45, 7) is 4.58. The molecule has 0 aliphatic heterocycles. The zero-order valence-electron chi connectivity index (χ0n) is 16.6. The minimum absolute atomic E-state index is 0.0648. The van der Waals surface area contributed by atoms with E-state index in [4.69, 9.17) is 9.47 Å². The molecule has 29 heavy (non-hydrogen) atoms. The lowest BCUT2D eigenvalue weighted by Crippen LogP contribution is -2.25. The van der Waals surface area contributed by atoms with Gasteiger partial charge in [-0.3, -0.25) is 14.9 Å². The molecule has 0 radical (unpaired) electrons. The molecule has 0 aliphatic carbocycles. The summed E-state index contributed by atoms with van der Waals surface area (Å²) < 4.78 is 9.89. The Kier molecular flexibility index (Phi) is 6.37. The molecule has 1 aromatic heterocycles. The van der Waals surface area contributed by atoms with Crippen LogP contribution in [-0.2, 0) is 9.47 Å². The van der Waals surface area contributed by atoms with Crippen LogP contribution in [0.3, 0.4) is 0 Å². The summed E-state index contributed by atoms with van der Waals surface area (Å²) in [6.07, 6.45) is -1.19. The number of aromatic nitrogens is 1. The van der Waals surface area contributed by atoms with Crippen molar-refractivity contribution < 1.29 is 28.8 Å². The van der Waals surface area contributed by atoms with Crippen molar-refractivity contribution in [3.63, 3.8) is 0 Å². The number of carbonyl (C=O) groups excluding carboxylic acids is 3. The summed E-state index contributed by atoms with van der Waals surface area (Å²) in [6, 6.07) is 3.81. The number of aromatic amines is 1. The molecule has 2 N–H and O–H groups in total. The van der Waals surface area contributed by atoms with Crippen molar-refractivity contribution in [2.45, 2.75) is 26.9 Å². The molecule has 1 heterocycles. The van der Waals surface area contributed by atoms with E-state index >= 15 is 0 Å². The molecule has 0 fully saturated rings. The normalized spacial score (nSPS) is 11.5. The van der Waals surface area contributed by atoms with E-state index in [0.717, 1.165) is 6.07 Å². The number of anilines is 1. The quantitative estimate of drug-likeness (QED) is 0.311. The molecule has 0 unspecified atom stereocenters. The molecule has 0 aliphatic rings. The number of H-pyrrole nitrogens is 1. The third-order valence-corrected chi connectivity index (χ3v) is 4.43. The number of ether oxygens (including phenoxy) is 2. The summed E-state index contributed by atoms with van der Waals surface area (Å²) in [5.41, 5.74) is 1.09. The Morgan fingerprint density at radius 3 is 2.41 bits per heavy atom. The first-order valence-corrected chi connectivity index (χ1v) is 8.61. The molecule has 10 heteroatoms. The van der Waals surface area contributed by atoms with Crippen LogP contribution in [0.1, 0.15) is 49.4 Å². The van der Waals surface area contributed by atoms with Crippen LogP contribution in [-0.4, -0.2) is 47.9 Å². The number of Topliss-reactive ketones (excluding diaryl/α,β-unsaturated/α-hetero) is 1. The Balaban J connectivity index is 2.24. The Labute approximate surface area is 166 Å². The highest BCUT2D eigenvalue weighted by Gasteiger charge is 2.28. The van der Waals surface area contributed by atoms with Crippen molar-refractivity contribution in [3.05, 3.63) is 56.4 Å². The first-order valence-electron chi connectivity index (χ1n) is 8.61. The minimum atomic E-state index is -1.19. The van der Waals surface area contributed by atoms with Gasteiger partial charge in [0, 0.05) is 18.8 Å². The summed E-state index contributed by atoms with van der Waals surface area (Å²) >= 11 is 0. The van der Waals surface area contributed by atoms with E-state index in [1.165, 1.54) is 33.2 Å². The molecule has 0 spiro atoms.